The van der Waals surface area contributed by atoms with Gasteiger partial charge < -0.3 is 24.6 Å². The SMILES string of the molecule is COc1ccc(CNc2ccc(C)cc2C(O)c2cccc(OC)c2Cl)c(OC)c1. The Labute approximate surface area is 182 Å². The van der Waals surface area contributed by atoms with Crippen LogP contribution in [0.2, 0.25) is 5.02 Å². The average Bonchev–Trinajstić information content (AvgIpc) is 2.77. The van der Waals surface area contributed by atoms with E-state index in [1.165, 1.54) is 0 Å². The summed E-state index contributed by atoms with van der Waals surface area (Å²) in [4.78, 5) is 0. The van der Waals surface area contributed by atoms with E-state index in [9.17, 15) is 5.11 Å². The number of aliphatic hydroxyl groups excluding tert-OH is 1. The molecule has 1 atom stereocenters. The predicted molar refractivity (Wildman–Crippen MR) is 120 cm³/mol. The van der Waals surface area contributed by atoms with Gasteiger partial charge in [0.15, 0.2) is 0 Å². The second kappa shape index (κ2) is 9.74. The van der Waals surface area contributed by atoms with Crippen LogP contribution in [0.4, 0.5) is 5.69 Å². The van der Waals surface area contributed by atoms with Gasteiger partial charge in [0.1, 0.15) is 23.4 Å². The Kier molecular flexibility index (Phi) is 7.08. The number of hydrogen-bond acceptors (Lipinski definition) is 5. The van der Waals surface area contributed by atoms with E-state index in [2.05, 4.69) is 5.32 Å². The predicted octanol–water partition coefficient (Wildman–Crippen LogP) is 5.37. The van der Waals surface area contributed by atoms with Crippen LogP contribution in [0.3, 0.4) is 0 Å². The minimum absolute atomic E-state index is 0.400. The van der Waals surface area contributed by atoms with Crippen molar-refractivity contribution >= 4 is 17.3 Å². The lowest BCUT2D eigenvalue weighted by atomic mass is 9.97. The number of methoxy groups -OCH3 is 3. The molecule has 0 amide bonds. The zero-order valence-electron chi connectivity index (χ0n) is 17.5. The molecule has 0 aromatic heterocycles. The highest BCUT2D eigenvalue weighted by molar-refractivity contribution is 6.32. The van der Waals surface area contributed by atoms with Gasteiger partial charge in [-0.15, -0.1) is 0 Å². The first-order chi connectivity index (χ1) is 14.5. The largest absolute Gasteiger partial charge is 0.497 e. The molecule has 0 aliphatic carbocycles. The molecule has 0 aliphatic heterocycles. The van der Waals surface area contributed by atoms with Gasteiger partial charge in [-0.25, -0.2) is 0 Å². The monoisotopic (exact) mass is 427 g/mol. The molecule has 0 fully saturated rings. The molecule has 0 bridgehead atoms. The summed E-state index contributed by atoms with van der Waals surface area (Å²) >= 11 is 6.45. The highest BCUT2D eigenvalue weighted by atomic mass is 35.5. The molecule has 6 heteroatoms. The molecule has 0 radical (unpaired) electrons. The molecule has 0 saturated heterocycles. The lowest BCUT2D eigenvalue weighted by Crippen LogP contribution is -2.09. The summed E-state index contributed by atoms with van der Waals surface area (Å²) in [5.41, 5.74) is 4.14. The van der Waals surface area contributed by atoms with Crippen LogP contribution in [-0.2, 0) is 6.54 Å². The third-order valence-electron chi connectivity index (χ3n) is 4.97. The fraction of sp³-hybridized carbons (Fsp3) is 0.250. The number of ether oxygens (including phenoxy) is 3. The molecule has 30 heavy (non-hydrogen) atoms. The summed E-state index contributed by atoms with van der Waals surface area (Å²) < 4.78 is 16.0. The minimum Gasteiger partial charge on any atom is -0.497 e. The van der Waals surface area contributed by atoms with Gasteiger partial charge >= 0.3 is 0 Å². The van der Waals surface area contributed by atoms with E-state index in [1.807, 2.05) is 49.4 Å². The van der Waals surface area contributed by atoms with Crippen molar-refractivity contribution in [2.75, 3.05) is 26.6 Å². The fourth-order valence-electron chi connectivity index (χ4n) is 3.32. The van der Waals surface area contributed by atoms with Gasteiger partial charge in [0.25, 0.3) is 0 Å². The minimum atomic E-state index is -0.909. The molecule has 0 heterocycles. The standard InChI is InChI=1S/C24H26ClNO4/c1-15-8-11-20(26-14-16-9-10-17(28-2)13-22(16)30-4)19(12-15)24(27)18-6-5-7-21(29-3)23(18)25/h5-13,24,26-27H,14H2,1-4H3. The van der Waals surface area contributed by atoms with Crippen LogP contribution in [0.15, 0.2) is 54.6 Å². The van der Waals surface area contributed by atoms with Crippen LogP contribution >= 0.6 is 11.6 Å². The lowest BCUT2D eigenvalue weighted by Gasteiger charge is -2.20. The van der Waals surface area contributed by atoms with Gasteiger partial charge in [-0.1, -0.05) is 41.4 Å². The third-order valence-corrected chi connectivity index (χ3v) is 5.38. The van der Waals surface area contributed by atoms with Crippen LogP contribution in [0.1, 0.15) is 28.4 Å². The molecule has 3 aromatic carbocycles. The zero-order valence-corrected chi connectivity index (χ0v) is 18.3. The Balaban J connectivity index is 1.91. The number of aryl methyl sites for hydroxylation is 1. The van der Waals surface area contributed by atoms with Gasteiger partial charge in [0, 0.05) is 35.0 Å². The lowest BCUT2D eigenvalue weighted by molar-refractivity contribution is 0.220. The van der Waals surface area contributed by atoms with E-state index < -0.39 is 6.10 Å². The zero-order chi connectivity index (χ0) is 21.7. The van der Waals surface area contributed by atoms with Gasteiger partial charge in [0.05, 0.1) is 26.4 Å². The van der Waals surface area contributed by atoms with E-state index in [4.69, 9.17) is 25.8 Å². The number of rotatable bonds is 8. The summed E-state index contributed by atoms with van der Waals surface area (Å²) in [5.74, 6) is 1.99. The number of halogens is 1. The van der Waals surface area contributed by atoms with Crippen molar-refractivity contribution in [1.29, 1.82) is 0 Å². The second-order valence-electron chi connectivity index (χ2n) is 6.89. The Morgan fingerprint density at radius 3 is 2.37 bits per heavy atom. The molecular weight excluding hydrogens is 402 g/mol. The molecule has 3 aromatic rings. The topological polar surface area (TPSA) is 60.0 Å². The first-order valence-corrected chi connectivity index (χ1v) is 9.92. The van der Waals surface area contributed by atoms with Crippen molar-refractivity contribution in [1.82, 2.24) is 0 Å². The number of hydrogen-bond donors (Lipinski definition) is 2. The van der Waals surface area contributed by atoms with Crippen LogP contribution in [0.25, 0.3) is 0 Å². The summed E-state index contributed by atoms with van der Waals surface area (Å²) in [6.07, 6.45) is -0.909. The normalized spacial score (nSPS) is 11.7. The molecule has 158 valence electrons. The van der Waals surface area contributed by atoms with E-state index in [1.54, 1.807) is 33.5 Å². The van der Waals surface area contributed by atoms with Crippen LogP contribution in [0, 0.1) is 6.92 Å². The van der Waals surface area contributed by atoms with Gasteiger partial charge in [-0.2, -0.15) is 0 Å². The Morgan fingerprint density at radius 1 is 0.900 bits per heavy atom. The second-order valence-corrected chi connectivity index (χ2v) is 7.27. The fourth-order valence-corrected chi connectivity index (χ4v) is 3.63. The van der Waals surface area contributed by atoms with Gasteiger partial charge in [-0.3, -0.25) is 0 Å². The van der Waals surface area contributed by atoms with Crippen molar-refractivity contribution in [2.24, 2.45) is 0 Å². The number of nitrogens with one attached hydrogen (secondary N) is 1. The maximum atomic E-state index is 11.1. The first kappa shape index (κ1) is 21.8. The maximum absolute atomic E-state index is 11.1. The molecule has 5 nitrogen and oxygen atoms in total. The Bertz CT molecular complexity index is 1020. The average molecular weight is 428 g/mol. The van der Waals surface area contributed by atoms with E-state index in [0.717, 1.165) is 33.9 Å². The van der Waals surface area contributed by atoms with Crippen molar-refractivity contribution in [3.63, 3.8) is 0 Å². The Hall–Kier alpha value is -2.89. The van der Waals surface area contributed by atoms with Crippen molar-refractivity contribution in [3.05, 3.63) is 81.9 Å². The number of anilines is 1. The molecule has 2 N–H and O–H groups in total. The molecule has 0 saturated carbocycles. The Morgan fingerprint density at radius 2 is 1.67 bits per heavy atom. The summed E-state index contributed by atoms with van der Waals surface area (Å²) in [6, 6.07) is 17.0. The van der Waals surface area contributed by atoms with E-state index >= 15 is 0 Å². The summed E-state index contributed by atoms with van der Waals surface area (Å²) in [5, 5.41) is 15.0. The quantitative estimate of drug-likeness (QED) is 0.506. The van der Waals surface area contributed by atoms with Gasteiger partial charge in [-0.05, 0) is 31.2 Å². The molecular formula is C24H26ClNO4. The molecule has 0 spiro atoms. The number of aliphatic hydroxyl groups is 1. The van der Waals surface area contributed by atoms with Crippen molar-refractivity contribution in [3.8, 4) is 17.2 Å². The van der Waals surface area contributed by atoms with E-state index in [0.29, 0.717) is 22.9 Å². The highest BCUT2D eigenvalue weighted by Gasteiger charge is 2.20. The molecule has 0 aliphatic rings. The van der Waals surface area contributed by atoms with Gasteiger partial charge in [0.2, 0.25) is 0 Å². The van der Waals surface area contributed by atoms with Crippen LogP contribution < -0.4 is 19.5 Å². The molecule has 1 unspecified atom stereocenters. The maximum Gasteiger partial charge on any atom is 0.137 e. The summed E-state index contributed by atoms with van der Waals surface area (Å²) in [6.45, 7) is 2.50. The smallest absolute Gasteiger partial charge is 0.137 e. The summed E-state index contributed by atoms with van der Waals surface area (Å²) in [7, 11) is 4.81. The van der Waals surface area contributed by atoms with Crippen molar-refractivity contribution < 1.29 is 19.3 Å². The third kappa shape index (κ3) is 4.64. The van der Waals surface area contributed by atoms with Crippen molar-refractivity contribution in [2.45, 2.75) is 19.6 Å². The number of benzene rings is 3. The van der Waals surface area contributed by atoms with Crippen LogP contribution in [-0.4, -0.2) is 26.4 Å². The highest BCUT2D eigenvalue weighted by Crippen LogP contribution is 2.37. The molecule has 3 rings (SSSR count). The van der Waals surface area contributed by atoms with E-state index in [-0.39, 0.29) is 0 Å². The van der Waals surface area contributed by atoms with Crippen LogP contribution in [0.5, 0.6) is 17.2 Å². The first-order valence-electron chi connectivity index (χ1n) is 9.54.